The third-order valence-corrected chi connectivity index (χ3v) is 5.28. The lowest BCUT2D eigenvalue weighted by Gasteiger charge is -2.32. The Labute approximate surface area is 160 Å². The number of fused-ring (bicyclic) bond motifs is 1. The third kappa shape index (κ3) is 3.56. The molecule has 1 saturated heterocycles. The Kier molecular flexibility index (Phi) is 4.65. The number of piperazine rings is 1. The number of ether oxygens (including phenoxy) is 1. The summed E-state index contributed by atoms with van der Waals surface area (Å²) in [5.41, 5.74) is 0.557. The largest absolute Gasteiger partial charge is 0.573 e. The van der Waals surface area contributed by atoms with Crippen molar-refractivity contribution >= 4 is 40.1 Å². The lowest BCUT2D eigenvalue weighted by molar-refractivity contribution is -0.274. The van der Waals surface area contributed by atoms with E-state index in [1.165, 1.54) is 17.4 Å². The average Bonchev–Trinajstić information content (AvgIpc) is 3.26. The molecule has 0 radical (unpaired) electrons. The predicted octanol–water partition coefficient (Wildman–Crippen LogP) is 4.30. The van der Waals surface area contributed by atoms with Crippen molar-refractivity contribution in [1.82, 2.24) is 15.3 Å². The van der Waals surface area contributed by atoms with Crippen molar-refractivity contribution in [2.24, 2.45) is 0 Å². The number of nitrogens with zero attached hydrogens (tertiary/aromatic N) is 3. The van der Waals surface area contributed by atoms with Crippen molar-refractivity contribution in [3.05, 3.63) is 22.7 Å². The number of oxazole rings is 1. The van der Waals surface area contributed by atoms with Gasteiger partial charge < -0.3 is 19.4 Å². The summed E-state index contributed by atoms with van der Waals surface area (Å²) >= 11 is 7.42. The number of halogens is 4. The molecule has 2 aromatic heterocycles. The summed E-state index contributed by atoms with van der Waals surface area (Å²) in [7, 11) is 0. The molecule has 1 fully saturated rings. The molecule has 4 rings (SSSR count). The fraction of sp³-hybridized carbons (Fsp3) is 0.375. The van der Waals surface area contributed by atoms with Crippen LogP contribution in [0.25, 0.3) is 21.7 Å². The molecule has 1 aromatic carbocycles. The highest BCUT2D eigenvalue weighted by molar-refractivity contribution is 7.13. The van der Waals surface area contributed by atoms with Crippen LogP contribution in [0.1, 0.15) is 6.92 Å². The van der Waals surface area contributed by atoms with Gasteiger partial charge in [0.2, 0.25) is 0 Å². The van der Waals surface area contributed by atoms with Crippen LogP contribution in [-0.2, 0) is 0 Å². The number of alkyl halides is 3. The summed E-state index contributed by atoms with van der Waals surface area (Å²) in [6.45, 7) is 4.02. The Morgan fingerprint density at radius 1 is 1.44 bits per heavy atom. The maximum atomic E-state index is 12.9. The minimum absolute atomic E-state index is 0.0672. The van der Waals surface area contributed by atoms with E-state index in [2.05, 4.69) is 20.0 Å². The zero-order valence-corrected chi connectivity index (χ0v) is 15.6. The molecule has 0 bridgehead atoms. The number of nitrogens with one attached hydrogen (secondary N) is 1. The number of hydrogen-bond acceptors (Lipinski definition) is 7. The molecule has 3 aromatic rings. The van der Waals surface area contributed by atoms with Gasteiger partial charge in [-0.1, -0.05) is 11.6 Å². The molecule has 1 N–H and O–H groups in total. The summed E-state index contributed by atoms with van der Waals surface area (Å²) in [4.78, 5) is 10.4. The molecule has 27 heavy (non-hydrogen) atoms. The molecule has 144 valence electrons. The first-order valence-electron chi connectivity index (χ1n) is 8.09. The number of aromatic nitrogens is 2. The Bertz CT molecular complexity index is 961. The van der Waals surface area contributed by atoms with Crippen LogP contribution < -0.4 is 15.0 Å². The molecule has 0 unspecified atom stereocenters. The van der Waals surface area contributed by atoms with E-state index in [9.17, 15) is 13.2 Å². The molecule has 6 nitrogen and oxygen atoms in total. The van der Waals surface area contributed by atoms with Crippen LogP contribution in [0.5, 0.6) is 5.75 Å². The van der Waals surface area contributed by atoms with Gasteiger partial charge in [0.25, 0.3) is 6.01 Å². The van der Waals surface area contributed by atoms with Crippen LogP contribution in [0.4, 0.5) is 19.2 Å². The smallest absolute Gasteiger partial charge is 0.422 e. The second-order valence-corrected chi connectivity index (χ2v) is 7.34. The summed E-state index contributed by atoms with van der Waals surface area (Å²) < 4.78 is 48.7. The molecular weight excluding hydrogens is 405 g/mol. The zero-order valence-electron chi connectivity index (χ0n) is 14.0. The molecule has 1 atom stereocenters. The first-order chi connectivity index (χ1) is 12.8. The first kappa shape index (κ1) is 18.3. The summed E-state index contributed by atoms with van der Waals surface area (Å²) in [6, 6.07) is 1.66. The van der Waals surface area contributed by atoms with E-state index in [0.29, 0.717) is 23.7 Å². The fourth-order valence-corrected chi connectivity index (χ4v) is 3.88. The maximum absolute atomic E-state index is 12.9. The van der Waals surface area contributed by atoms with Crippen LogP contribution in [0.15, 0.2) is 22.1 Å². The van der Waals surface area contributed by atoms with E-state index in [1.807, 2.05) is 11.8 Å². The SMILES string of the molecule is C[C@@H]1CNCCN1c1nc2c(OC(F)(F)F)c(Cl)cc(-c3nccs3)c2o1. The number of benzene rings is 1. The minimum Gasteiger partial charge on any atom is -0.422 e. The van der Waals surface area contributed by atoms with Gasteiger partial charge in [-0.3, -0.25) is 0 Å². The normalized spacial score (nSPS) is 18.3. The van der Waals surface area contributed by atoms with Gasteiger partial charge in [0.05, 0.1) is 10.6 Å². The topological polar surface area (TPSA) is 63.4 Å². The van der Waals surface area contributed by atoms with Crippen molar-refractivity contribution in [2.75, 3.05) is 24.5 Å². The van der Waals surface area contributed by atoms with E-state index < -0.39 is 12.1 Å². The van der Waals surface area contributed by atoms with Gasteiger partial charge >= 0.3 is 6.36 Å². The van der Waals surface area contributed by atoms with Crippen LogP contribution in [0.3, 0.4) is 0 Å². The van der Waals surface area contributed by atoms with Gasteiger partial charge in [0.15, 0.2) is 16.8 Å². The second-order valence-electron chi connectivity index (χ2n) is 6.04. The van der Waals surface area contributed by atoms with E-state index in [0.717, 1.165) is 6.54 Å². The highest BCUT2D eigenvalue weighted by Crippen LogP contribution is 2.44. The first-order valence-corrected chi connectivity index (χ1v) is 9.35. The van der Waals surface area contributed by atoms with Crippen LogP contribution in [-0.4, -0.2) is 42.0 Å². The Hall–Kier alpha value is -2.04. The molecule has 0 amide bonds. The number of anilines is 1. The highest BCUT2D eigenvalue weighted by atomic mass is 35.5. The van der Waals surface area contributed by atoms with E-state index in [4.69, 9.17) is 16.0 Å². The van der Waals surface area contributed by atoms with Crippen LogP contribution in [0.2, 0.25) is 5.02 Å². The Balaban J connectivity index is 1.91. The van der Waals surface area contributed by atoms with Gasteiger partial charge in [0.1, 0.15) is 5.01 Å². The minimum atomic E-state index is -4.90. The zero-order chi connectivity index (χ0) is 19.2. The van der Waals surface area contributed by atoms with Crippen molar-refractivity contribution in [3.63, 3.8) is 0 Å². The van der Waals surface area contributed by atoms with Crippen LogP contribution in [0, 0.1) is 0 Å². The van der Waals surface area contributed by atoms with Crippen molar-refractivity contribution in [3.8, 4) is 16.3 Å². The van der Waals surface area contributed by atoms with Gasteiger partial charge in [-0.25, -0.2) is 4.98 Å². The summed E-state index contributed by atoms with van der Waals surface area (Å²) in [6.07, 6.45) is -3.31. The van der Waals surface area contributed by atoms with Gasteiger partial charge in [-0.15, -0.1) is 24.5 Å². The molecule has 0 aliphatic carbocycles. The van der Waals surface area contributed by atoms with E-state index in [1.54, 1.807) is 11.6 Å². The molecule has 0 spiro atoms. The number of rotatable bonds is 3. The quantitative estimate of drug-likeness (QED) is 0.684. The van der Waals surface area contributed by atoms with Crippen molar-refractivity contribution in [1.29, 1.82) is 0 Å². The van der Waals surface area contributed by atoms with Crippen molar-refractivity contribution in [2.45, 2.75) is 19.3 Å². The molecule has 1 aliphatic rings. The highest BCUT2D eigenvalue weighted by Gasteiger charge is 2.35. The van der Waals surface area contributed by atoms with Crippen LogP contribution >= 0.6 is 22.9 Å². The van der Waals surface area contributed by atoms with E-state index >= 15 is 0 Å². The van der Waals surface area contributed by atoms with Gasteiger partial charge in [-0.05, 0) is 13.0 Å². The molecular formula is C16H14ClF3N4O2S. The third-order valence-electron chi connectivity index (χ3n) is 4.19. The van der Waals surface area contributed by atoms with Gasteiger partial charge in [-0.2, -0.15) is 4.98 Å². The number of thiazole rings is 1. The fourth-order valence-electron chi connectivity index (χ4n) is 2.99. The number of hydrogen-bond donors (Lipinski definition) is 1. The molecule has 1 aliphatic heterocycles. The monoisotopic (exact) mass is 418 g/mol. The second kappa shape index (κ2) is 6.84. The van der Waals surface area contributed by atoms with E-state index in [-0.39, 0.29) is 28.2 Å². The molecule has 0 saturated carbocycles. The average molecular weight is 419 g/mol. The lowest BCUT2D eigenvalue weighted by Crippen LogP contribution is -2.50. The Morgan fingerprint density at radius 3 is 2.93 bits per heavy atom. The predicted molar refractivity (Wildman–Crippen MR) is 96.5 cm³/mol. The lowest BCUT2D eigenvalue weighted by atomic mass is 10.2. The molecule has 3 heterocycles. The van der Waals surface area contributed by atoms with Gasteiger partial charge in [0, 0.05) is 37.3 Å². The van der Waals surface area contributed by atoms with Crippen molar-refractivity contribution < 1.29 is 22.3 Å². The Morgan fingerprint density at radius 2 is 2.26 bits per heavy atom. The molecule has 11 heteroatoms. The standard InChI is InChI=1S/C16H14ClF3N4O2S/c1-8-7-21-2-4-24(8)15-23-11-12(25-15)9(14-22-3-5-27-14)6-10(17)13(11)26-16(18,19)20/h3,5-6,8,21H,2,4,7H2,1H3/t8-/m1/s1. The summed E-state index contributed by atoms with van der Waals surface area (Å²) in [5, 5.41) is 5.35. The summed E-state index contributed by atoms with van der Waals surface area (Å²) in [5.74, 6) is -0.572. The maximum Gasteiger partial charge on any atom is 0.573 e.